The third-order valence-electron chi connectivity index (χ3n) is 15.8. The van der Waals surface area contributed by atoms with E-state index in [0.717, 1.165) is 43.2 Å². The molecule has 3 aliphatic carbocycles. The standard InChI is InChI=1S/C55H81BN4O10/c1-9-10-14-36-18-20-37(21-19-36)38-22-24-39(25-23-38)45(63)17-13-16-42(62)28-40(15-11-12-26-57)52(67)60-51(35(5)61)47(65)31-43(33(2)3)53(68)59-44(32-50(58)66)46(64)27-34(4)56-69-49-30-41-29-48(54(41,6)7)55(49,8)70-56/h18-25,33-35,40-41,43-44,48-49,51,61H,9-17,26-32,57H2,1-8H3,(H2,58,66)(H,59,68)(H,60,67)/t34-,35?,40-,41+,43+,44+,48+,49?,51+,55+/m1/s1. The predicted octanol–water partition coefficient (Wildman–Crippen LogP) is 7.29. The van der Waals surface area contributed by atoms with Gasteiger partial charge in [-0.25, -0.2) is 0 Å². The van der Waals surface area contributed by atoms with Gasteiger partial charge in [0.2, 0.25) is 17.7 Å². The van der Waals surface area contributed by atoms with Crippen LogP contribution in [0.3, 0.4) is 0 Å². The maximum Gasteiger partial charge on any atom is 0.461 e. The molecule has 7 N–H and O–H groups in total. The molecule has 4 aliphatic rings. The van der Waals surface area contributed by atoms with Crippen molar-refractivity contribution in [1.82, 2.24) is 10.6 Å². The fourth-order valence-corrected chi connectivity index (χ4v) is 11.1. The van der Waals surface area contributed by atoms with E-state index < -0.39 is 96.6 Å². The van der Waals surface area contributed by atoms with Crippen molar-refractivity contribution in [3.63, 3.8) is 0 Å². The number of aliphatic hydroxyl groups is 1. The Kier molecular flexibility index (Phi) is 20.3. The first-order chi connectivity index (χ1) is 33.1. The van der Waals surface area contributed by atoms with Gasteiger partial charge < -0.3 is 36.5 Å². The van der Waals surface area contributed by atoms with Gasteiger partial charge in [0.05, 0.1) is 30.3 Å². The summed E-state index contributed by atoms with van der Waals surface area (Å²) >= 11 is 0. The van der Waals surface area contributed by atoms with Crippen LogP contribution in [0.15, 0.2) is 48.5 Å². The number of rotatable bonds is 30. The van der Waals surface area contributed by atoms with Crippen molar-refractivity contribution in [1.29, 1.82) is 0 Å². The molecule has 10 atom stereocenters. The number of hydrogen-bond donors (Lipinski definition) is 5. The molecule has 2 aromatic rings. The molecule has 15 heteroatoms. The molecule has 0 aromatic heterocycles. The largest absolute Gasteiger partial charge is 0.461 e. The Bertz CT molecular complexity index is 2140. The van der Waals surface area contributed by atoms with E-state index in [9.17, 15) is 38.7 Å². The summed E-state index contributed by atoms with van der Waals surface area (Å²) in [4.78, 5) is 94.2. The second kappa shape index (κ2) is 25.2. The molecule has 3 saturated carbocycles. The zero-order valence-corrected chi connectivity index (χ0v) is 43.1. The van der Waals surface area contributed by atoms with Gasteiger partial charge in [-0.3, -0.25) is 33.6 Å². The monoisotopic (exact) mass is 969 g/mol. The number of amides is 3. The number of nitrogens with one attached hydrogen (secondary N) is 2. The van der Waals surface area contributed by atoms with Crippen molar-refractivity contribution in [2.24, 2.45) is 46.5 Å². The van der Waals surface area contributed by atoms with E-state index >= 15 is 0 Å². The van der Waals surface area contributed by atoms with Gasteiger partial charge in [-0.1, -0.05) is 103 Å². The lowest BCUT2D eigenvalue weighted by atomic mass is 9.43. The molecule has 6 rings (SSSR count). The zero-order valence-electron chi connectivity index (χ0n) is 43.1. The topological polar surface area (TPSA) is 234 Å². The lowest BCUT2D eigenvalue weighted by Gasteiger charge is -2.64. The minimum Gasteiger partial charge on any atom is -0.405 e. The van der Waals surface area contributed by atoms with Gasteiger partial charge in [0, 0.05) is 49.5 Å². The lowest BCUT2D eigenvalue weighted by Crippen LogP contribution is -2.65. The van der Waals surface area contributed by atoms with E-state index in [2.05, 4.69) is 62.6 Å². The van der Waals surface area contributed by atoms with E-state index in [4.69, 9.17) is 20.8 Å². The van der Waals surface area contributed by atoms with Crippen LogP contribution in [0.2, 0.25) is 5.82 Å². The quantitative estimate of drug-likeness (QED) is 0.0296. The number of aryl methyl sites for hydroxylation is 1. The van der Waals surface area contributed by atoms with Crippen LogP contribution in [0.1, 0.15) is 161 Å². The molecular weight excluding hydrogens is 887 g/mol. The number of unbranched alkanes of at least 4 members (excludes halogenated alkanes) is 2. The SMILES string of the molecule is CCCCc1ccc(-c2ccc(C(=O)CCCC(=O)C[C@@H](CCCCN)C(=O)N[C@H](C(=O)C[C@H](C(=O)N[C@@H](CC(N)=O)C(=O)C[C@@H](C)B3OC4C[C@@H]5C[C@@H](C5(C)C)[C@]4(C)O3)C(C)C)C(C)O)cc2)cc1. The van der Waals surface area contributed by atoms with Gasteiger partial charge >= 0.3 is 7.12 Å². The number of aliphatic hydroxyl groups excluding tert-OH is 1. The predicted molar refractivity (Wildman–Crippen MR) is 271 cm³/mol. The van der Waals surface area contributed by atoms with Gasteiger partial charge in [0.25, 0.3) is 0 Å². The Morgan fingerprint density at radius 2 is 1.44 bits per heavy atom. The Hall–Kier alpha value is -4.57. The van der Waals surface area contributed by atoms with Crippen LogP contribution in [-0.4, -0.2) is 89.5 Å². The van der Waals surface area contributed by atoms with Crippen LogP contribution in [0.5, 0.6) is 0 Å². The van der Waals surface area contributed by atoms with Crippen molar-refractivity contribution in [3.05, 3.63) is 59.7 Å². The molecular formula is C55H81BN4O10. The Morgan fingerprint density at radius 3 is 2.03 bits per heavy atom. The maximum atomic E-state index is 14.0. The molecule has 14 nitrogen and oxygen atoms in total. The fraction of sp³-hybridized carbons (Fsp3) is 0.655. The second-order valence-corrected chi connectivity index (χ2v) is 21.8. The van der Waals surface area contributed by atoms with Crippen LogP contribution in [0.25, 0.3) is 11.1 Å². The van der Waals surface area contributed by atoms with Crippen LogP contribution < -0.4 is 22.1 Å². The summed E-state index contributed by atoms with van der Waals surface area (Å²) in [6.45, 7) is 15.9. The smallest absolute Gasteiger partial charge is 0.405 e. The molecule has 384 valence electrons. The second-order valence-electron chi connectivity index (χ2n) is 21.8. The van der Waals surface area contributed by atoms with Gasteiger partial charge in [-0.15, -0.1) is 0 Å². The summed E-state index contributed by atoms with van der Waals surface area (Å²) in [6.07, 6.45) is 4.86. The number of carbonyl (C=O) groups is 7. The van der Waals surface area contributed by atoms with Crippen molar-refractivity contribution in [2.45, 2.75) is 187 Å². The molecule has 4 fully saturated rings. The summed E-state index contributed by atoms with van der Waals surface area (Å²) in [6, 6.07) is 13.3. The average Bonchev–Trinajstić information content (AvgIpc) is 3.68. The van der Waals surface area contributed by atoms with Crippen LogP contribution in [-0.2, 0) is 44.5 Å². The van der Waals surface area contributed by atoms with E-state index in [1.165, 1.54) is 12.5 Å². The number of nitrogens with two attached hydrogens (primary N) is 2. The number of benzene rings is 2. The number of carbonyl (C=O) groups excluding carboxylic acids is 7. The van der Waals surface area contributed by atoms with Crippen molar-refractivity contribution in [3.8, 4) is 11.1 Å². The number of Topliss-reactive ketones (excluding diaryl/α,β-unsaturated/α-hetero) is 4. The first-order valence-electron chi connectivity index (χ1n) is 26.0. The zero-order chi connectivity index (χ0) is 51.5. The Balaban J connectivity index is 1.14. The van der Waals surface area contributed by atoms with Crippen molar-refractivity contribution >= 4 is 48.0 Å². The molecule has 70 heavy (non-hydrogen) atoms. The Morgan fingerprint density at radius 1 is 0.786 bits per heavy atom. The summed E-state index contributed by atoms with van der Waals surface area (Å²) in [7, 11) is -0.638. The first-order valence-corrected chi connectivity index (χ1v) is 26.0. The number of hydrogen-bond acceptors (Lipinski definition) is 11. The molecule has 2 bridgehead atoms. The van der Waals surface area contributed by atoms with Crippen LogP contribution in [0.4, 0.5) is 0 Å². The molecule has 1 saturated heterocycles. The minimum absolute atomic E-state index is 0.0540. The molecule has 1 heterocycles. The molecule has 3 amide bonds. The van der Waals surface area contributed by atoms with Crippen LogP contribution >= 0.6 is 0 Å². The van der Waals surface area contributed by atoms with Crippen LogP contribution in [0, 0.1) is 35.0 Å². The van der Waals surface area contributed by atoms with E-state index in [-0.39, 0.29) is 48.8 Å². The molecule has 1 aliphatic heterocycles. The van der Waals surface area contributed by atoms with E-state index in [1.54, 1.807) is 26.0 Å². The third-order valence-corrected chi connectivity index (χ3v) is 15.8. The minimum atomic E-state index is -1.40. The molecule has 2 unspecified atom stereocenters. The normalized spacial score (nSPS) is 22.7. The first kappa shape index (κ1) is 56.4. The fourth-order valence-electron chi connectivity index (χ4n) is 11.1. The maximum absolute atomic E-state index is 14.0. The van der Waals surface area contributed by atoms with Crippen molar-refractivity contribution < 1.29 is 48.0 Å². The van der Waals surface area contributed by atoms with Gasteiger partial charge in [-0.05, 0) is 111 Å². The van der Waals surface area contributed by atoms with E-state index in [0.29, 0.717) is 49.6 Å². The number of primary amides is 1. The van der Waals surface area contributed by atoms with Gasteiger partial charge in [0.15, 0.2) is 17.3 Å². The molecule has 0 radical (unpaired) electrons. The highest BCUT2D eigenvalue weighted by Crippen LogP contribution is 2.66. The number of ketones is 4. The molecule has 2 aromatic carbocycles. The molecule has 0 spiro atoms. The highest BCUT2D eigenvalue weighted by Gasteiger charge is 2.68. The highest BCUT2D eigenvalue weighted by molar-refractivity contribution is 6.47. The summed E-state index contributed by atoms with van der Waals surface area (Å²) in [5.74, 6) is -5.12. The third kappa shape index (κ3) is 14.3. The van der Waals surface area contributed by atoms with Crippen molar-refractivity contribution in [2.75, 3.05) is 6.54 Å². The Labute approximate surface area is 416 Å². The summed E-state index contributed by atoms with van der Waals surface area (Å²) in [5.41, 5.74) is 14.9. The van der Waals surface area contributed by atoms with Gasteiger partial charge in [-0.2, -0.15) is 0 Å². The van der Waals surface area contributed by atoms with E-state index in [1.807, 2.05) is 19.1 Å². The summed E-state index contributed by atoms with van der Waals surface area (Å²) < 4.78 is 13.0. The highest BCUT2D eigenvalue weighted by atomic mass is 16.7. The van der Waals surface area contributed by atoms with Gasteiger partial charge in [0.1, 0.15) is 11.8 Å². The average molecular weight is 969 g/mol. The summed E-state index contributed by atoms with van der Waals surface area (Å²) in [5, 5.41) is 16.2. The lowest BCUT2D eigenvalue weighted by molar-refractivity contribution is -0.199.